The number of rotatable bonds is 3. The van der Waals surface area contributed by atoms with Crippen LogP contribution in [0.2, 0.25) is 0 Å². The monoisotopic (exact) mass is 242 g/mol. The van der Waals surface area contributed by atoms with Crippen LogP contribution in [0.3, 0.4) is 0 Å². The Morgan fingerprint density at radius 3 is 2.39 bits per heavy atom. The molecule has 2 rings (SSSR count). The topological polar surface area (TPSA) is 9.23 Å². The van der Waals surface area contributed by atoms with E-state index >= 15 is 0 Å². The minimum Gasteiger partial charge on any atom is -0.497 e. The molecule has 96 valence electrons. The van der Waals surface area contributed by atoms with Gasteiger partial charge in [0.1, 0.15) is 5.75 Å². The standard InChI is InChI=1S/C17H22O/c1-12-6-7-14(8-12)17(3,4)15-9-13(2)10-16(11-15)18-5/h6-11,14H,1-5H3. The zero-order valence-electron chi connectivity index (χ0n) is 11.9. The van der Waals surface area contributed by atoms with Crippen molar-refractivity contribution < 1.29 is 4.74 Å². The van der Waals surface area contributed by atoms with Gasteiger partial charge in [-0.15, -0.1) is 0 Å². The second kappa shape index (κ2) is 4.64. The van der Waals surface area contributed by atoms with E-state index < -0.39 is 0 Å². The van der Waals surface area contributed by atoms with Crippen molar-refractivity contribution in [1.82, 2.24) is 0 Å². The molecule has 0 amide bonds. The molecule has 1 heteroatoms. The molecule has 1 unspecified atom stereocenters. The third-order valence-corrected chi connectivity index (χ3v) is 3.87. The molecule has 1 atom stereocenters. The van der Waals surface area contributed by atoms with E-state index in [4.69, 9.17) is 4.74 Å². The molecule has 1 aliphatic rings. The molecule has 0 N–H and O–H groups in total. The third kappa shape index (κ3) is 2.35. The molecule has 0 heterocycles. The number of aryl methyl sites for hydroxylation is 1. The molecule has 1 aliphatic carbocycles. The lowest BCUT2D eigenvalue weighted by atomic mass is 9.73. The largest absolute Gasteiger partial charge is 0.497 e. The lowest BCUT2D eigenvalue weighted by Crippen LogP contribution is -2.25. The summed E-state index contributed by atoms with van der Waals surface area (Å²) >= 11 is 0. The highest BCUT2D eigenvalue weighted by Crippen LogP contribution is 2.38. The summed E-state index contributed by atoms with van der Waals surface area (Å²) in [5.74, 6) is 1.41. The van der Waals surface area contributed by atoms with Crippen LogP contribution in [0.1, 0.15) is 31.9 Å². The van der Waals surface area contributed by atoms with Gasteiger partial charge in [-0.2, -0.15) is 0 Å². The van der Waals surface area contributed by atoms with Gasteiger partial charge in [-0.3, -0.25) is 0 Å². The van der Waals surface area contributed by atoms with E-state index in [0.717, 1.165) is 5.75 Å². The first-order valence-corrected chi connectivity index (χ1v) is 6.46. The van der Waals surface area contributed by atoms with Gasteiger partial charge in [0, 0.05) is 5.92 Å². The SMILES string of the molecule is COc1cc(C)cc(C(C)(C)C2C=CC(C)=C2)c1. The zero-order chi connectivity index (χ0) is 13.3. The highest BCUT2D eigenvalue weighted by atomic mass is 16.5. The molecule has 0 bridgehead atoms. The summed E-state index contributed by atoms with van der Waals surface area (Å²) in [5.41, 5.74) is 4.03. The fourth-order valence-corrected chi connectivity index (χ4v) is 2.53. The van der Waals surface area contributed by atoms with Gasteiger partial charge in [-0.05, 0) is 42.5 Å². The van der Waals surface area contributed by atoms with Crippen molar-refractivity contribution in [2.24, 2.45) is 5.92 Å². The van der Waals surface area contributed by atoms with Crippen molar-refractivity contribution in [3.05, 3.63) is 53.1 Å². The van der Waals surface area contributed by atoms with Crippen molar-refractivity contribution in [3.8, 4) is 5.75 Å². The molecule has 0 radical (unpaired) electrons. The number of hydrogen-bond acceptors (Lipinski definition) is 1. The average molecular weight is 242 g/mol. The maximum Gasteiger partial charge on any atom is 0.119 e. The fraction of sp³-hybridized carbons (Fsp3) is 0.412. The van der Waals surface area contributed by atoms with E-state index in [9.17, 15) is 0 Å². The second-order valence-electron chi connectivity index (χ2n) is 5.76. The molecule has 0 saturated carbocycles. The molecule has 0 aliphatic heterocycles. The predicted molar refractivity (Wildman–Crippen MR) is 77.1 cm³/mol. The molecule has 0 aromatic heterocycles. The second-order valence-corrected chi connectivity index (χ2v) is 5.76. The summed E-state index contributed by atoms with van der Waals surface area (Å²) in [4.78, 5) is 0. The Morgan fingerprint density at radius 1 is 1.11 bits per heavy atom. The Morgan fingerprint density at radius 2 is 1.83 bits per heavy atom. The van der Waals surface area contributed by atoms with Crippen LogP contribution < -0.4 is 4.74 Å². The van der Waals surface area contributed by atoms with Crippen molar-refractivity contribution in [2.45, 2.75) is 33.1 Å². The van der Waals surface area contributed by atoms with Crippen LogP contribution in [0.15, 0.2) is 42.0 Å². The maximum atomic E-state index is 5.38. The normalized spacial score (nSPS) is 18.9. The van der Waals surface area contributed by atoms with Gasteiger partial charge >= 0.3 is 0 Å². The lowest BCUT2D eigenvalue weighted by Gasteiger charge is -2.31. The maximum absolute atomic E-state index is 5.38. The molecule has 1 aromatic rings. The minimum absolute atomic E-state index is 0.0908. The molecule has 0 spiro atoms. The van der Waals surface area contributed by atoms with Crippen molar-refractivity contribution >= 4 is 0 Å². The Bertz CT molecular complexity index is 506. The van der Waals surface area contributed by atoms with Crippen LogP contribution in [-0.2, 0) is 5.41 Å². The van der Waals surface area contributed by atoms with Gasteiger partial charge in [-0.25, -0.2) is 0 Å². The van der Waals surface area contributed by atoms with E-state index in [0.29, 0.717) is 5.92 Å². The molecule has 0 saturated heterocycles. The molecule has 0 fully saturated rings. The Hall–Kier alpha value is -1.50. The molecular weight excluding hydrogens is 220 g/mol. The van der Waals surface area contributed by atoms with Gasteiger partial charge in [0.05, 0.1) is 7.11 Å². The van der Waals surface area contributed by atoms with E-state index in [1.807, 2.05) is 0 Å². The number of ether oxygens (including phenoxy) is 1. The van der Waals surface area contributed by atoms with Crippen LogP contribution in [-0.4, -0.2) is 7.11 Å². The summed E-state index contributed by atoms with van der Waals surface area (Å²) in [6.45, 7) is 8.87. The Balaban J connectivity index is 2.41. The number of methoxy groups -OCH3 is 1. The number of hydrogen-bond donors (Lipinski definition) is 0. The van der Waals surface area contributed by atoms with Crippen LogP contribution in [0.5, 0.6) is 5.75 Å². The van der Waals surface area contributed by atoms with Crippen molar-refractivity contribution in [2.75, 3.05) is 7.11 Å². The zero-order valence-corrected chi connectivity index (χ0v) is 11.9. The minimum atomic E-state index is 0.0908. The van der Waals surface area contributed by atoms with E-state index in [1.54, 1.807) is 7.11 Å². The summed E-state index contributed by atoms with van der Waals surface area (Å²) < 4.78 is 5.38. The van der Waals surface area contributed by atoms with E-state index in [-0.39, 0.29) is 5.41 Å². The van der Waals surface area contributed by atoms with E-state index in [1.165, 1.54) is 16.7 Å². The molecular formula is C17H22O. The average Bonchev–Trinajstić information content (AvgIpc) is 2.75. The molecule has 1 nitrogen and oxygen atoms in total. The summed E-state index contributed by atoms with van der Waals surface area (Å²) in [6, 6.07) is 6.49. The fourth-order valence-electron chi connectivity index (χ4n) is 2.53. The van der Waals surface area contributed by atoms with Gasteiger partial charge in [0.2, 0.25) is 0 Å². The van der Waals surface area contributed by atoms with Gasteiger partial charge in [0.25, 0.3) is 0 Å². The Labute approximate surface area is 110 Å². The van der Waals surface area contributed by atoms with Crippen molar-refractivity contribution in [1.29, 1.82) is 0 Å². The predicted octanol–water partition coefficient (Wildman–Crippen LogP) is 4.41. The number of allylic oxidation sites excluding steroid dienone is 4. The highest BCUT2D eigenvalue weighted by molar-refractivity contribution is 5.41. The van der Waals surface area contributed by atoms with E-state index in [2.05, 4.69) is 64.1 Å². The first-order chi connectivity index (χ1) is 8.43. The smallest absolute Gasteiger partial charge is 0.119 e. The summed E-state index contributed by atoms with van der Waals surface area (Å²) in [7, 11) is 1.73. The number of benzene rings is 1. The first-order valence-electron chi connectivity index (χ1n) is 6.46. The van der Waals surface area contributed by atoms with Gasteiger partial charge < -0.3 is 4.74 Å². The van der Waals surface area contributed by atoms with Gasteiger partial charge in [-0.1, -0.05) is 43.7 Å². The lowest BCUT2D eigenvalue weighted by molar-refractivity contribution is 0.406. The first kappa shape index (κ1) is 12.9. The van der Waals surface area contributed by atoms with Crippen LogP contribution in [0, 0.1) is 12.8 Å². The van der Waals surface area contributed by atoms with Crippen LogP contribution in [0.25, 0.3) is 0 Å². The summed E-state index contributed by atoms with van der Waals surface area (Å²) in [5, 5.41) is 0. The quantitative estimate of drug-likeness (QED) is 0.762. The van der Waals surface area contributed by atoms with Crippen molar-refractivity contribution in [3.63, 3.8) is 0 Å². The summed E-state index contributed by atoms with van der Waals surface area (Å²) in [6.07, 6.45) is 6.85. The Kier molecular flexibility index (Phi) is 3.34. The van der Waals surface area contributed by atoms with Gasteiger partial charge in [0.15, 0.2) is 0 Å². The third-order valence-electron chi connectivity index (χ3n) is 3.87. The highest BCUT2D eigenvalue weighted by Gasteiger charge is 2.30. The molecule has 18 heavy (non-hydrogen) atoms. The van der Waals surface area contributed by atoms with Crippen LogP contribution >= 0.6 is 0 Å². The molecule has 1 aromatic carbocycles. The van der Waals surface area contributed by atoms with Crippen LogP contribution in [0.4, 0.5) is 0 Å².